The van der Waals surface area contributed by atoms with Crippen LogP contribution in [0.25, 0.3) is 10.9 Å². The molecule has 3 heterocycles. The van der Waals surface area contributed by atoms with Crippen LogP contribution in [0.15, 0.2) is 36.8 Å². The minimum absolute atomic E-state index is 0.0789. The molecule has 1 aromatic carbocycles. The van der Waals surface area contributed by atoms with Crippen LogP contribution in [-0.4, -0.2) is 33.7 Å². The summed E-state index contributed by atoms with van der Waals surface area (Å²) in [7, 11) is 1.99. The molecule has 0 aliphatic carbocycles. The van der Waals surface area contributed by atoms with Crippen LogP contribution in [-0.2, 0) is 7.05 Å². The second kappa shape index (κ2) is 5.60. The molecule has 0 spiro atoms. The summed E-state index contributed by atoms with van der Waals surface area (Å²) < 4.78 is 1.98. The Bertz CT molecular complexity index is 898. The Morgan fingerprint density at radius 3 is 2.75 bits per heavy atom. The number of fused-ring (bicyclic) bond motifs is 1. The predicted molar refractivity (Wildman–Crippen MR) is 97.4 cm³/mol. The van der Waals surface area contributed by atoms with Crippen molar-refractivity contribution in [3.05, 3.63) is 53.6 Å². The third-order valence-electron chi connectivity index (χ3n) is 4.95. The molecule has 0 saturated carbocycles. The number of benzene rings is 1. The Morgan fingerprint density at radius 2 is 2.00 bits per heavy atom. The Kier molecular flexibility index (Phi) is 3.53. The van der Waals surface area contributed by atoms with Gasteiger partial charge in [-0.05, 0) is 37.1 Å². The molecule has 2 aromatic heterocycles. The van der Waals surface area contributed by atoms with Gasteiger partial charge in [0.25, 0.3) is 0 Å². The van der Waals surface area contributed by atoms with E-state index < -0.39 is 0 Å². The van der Waals surface area contributed by atoms with Gasteiger partial charge in [-0.25, -0.2) is 9.97 Å². The van der Waals surface area contributed by atoms with Gasteiger partial charge in [-0.3, -0.25) is 0 Å². The van der Waals surface area contributed by atoms with Gasteiger partial charge in [-0.1, -0.05) is 12.1 Å². The zero-order valence-electron chi connectivity index (χ0n) is 14.4. The van der Waals surface area contributed by atoms with Gasteiger partial charge >= 0.3 is 0 Å². The molecule has 1 fully saturated rings. The standard InChI is InChI=1S/C19H23N5/c1-12-4-5-14-13(2)7-19(22-17(14)6-12)24-8-15(16(20)9-24)18-10-23(3)11-21-18/h4-7,10-11,15-16H,8-9,20H2,1-3H3/t15-,16-/m1/s1. The van der Waals surface area contributed by atoms with Crippen molar-refractivity contribution in [1.82, 2.24) is 14.5 Å². The van der Waals surface area contributed by atoms with Gasteiger partial charge in [0.05, 0.1) is 17.5 Å². The molecule has 5 heteroatoms. The number of rotatable bonds is 2. The average molecular weight is 321 g/mol. The first-order chi connectivity index (χ1) is 11.5. The molecule has 0 bridgehead atoms. The van der Waals surface area contributed by atoms with Crippen LogP contribution in [0.2, 0.25) is 0 Å². The van der Waals surface area contributed by atoms with Crippen LogP contribution < -0.4 is 10.6 Å². The van der Waals surface area contributed by atoms with Crippen LogP contribution in [0.4, 0.5) is 5.82 Å². The van der Waals surface area contributed by atoms with Gasteiger partial charge in [0.2, 0.25) is 0 Å². The van der Waals surface area contributed by atoms with Gasteiger partial charge in [0.1, 0.15) is 5.82 Å². The number of hydrogen-bond acceptors (Lipinski definition) is 4. The highest BCUT2D eigenvalue weighted by molar-refractivity contribution is 5.84. The summed E-state index contributed by atoms with van der Waals surface area (Å²) in [5, 5.41) is 1.22. The van der Waals surface area contributed by atoms with E-state index in [0.29, 0.717) is 0 Å². The summed E-state index contributed by atoms with van der Waals surface area (Å²) in [6.45, 7) is 5.92. The van der Waals surface area contributed by atoms with Crippen LogP contribution in [0.3, 0.4) is 0 Å². The quantitative estimate of drug-likeness (QED) is 0.788. The van der Waals surface area contributed by atoms with E-state index in [0.717, 1.165) is 30.1 Å². The smallest absolute Gasteiger partial charge is 0.129 e. The maximum Gasteiger partial charge on any atom is 0.129 e. The van der Waals surface area contributed by atoms with Crippen molar-refractivity contribution >= 4 is 16.7 Å². The van der Waals surface area contributed by atoms with Crippen molar-refractivity contribution in [2.24, 2.45) is 12.8 Å². The molecule has 2 atom stereocenters. The highest BCUT2D eigenvalue weighted by atomic mass is 15.2. The van der Waals surface area contributed by atoms with E-state index in [4.69, 9.17) is 10.7 Å². The normalized spacial score (nSPS) is 20.9. The van der Waals surface area contributed by atoms with Crippen LogP contribution >= 0.6 is 0 Å². The van der Waals surface area contributed by atoms with Gasteiger partial charge in [-0.2, -0.15) is 0 Å². The highest BCUT2D eigenvalue weighted by Gasteiger charge is 2.33. The molecule has 0 unspecified atom stereocenters. The molecule has 124 valence electrons. The molecular formula is C19H23N5. The summed E-state index contributed by atoms with van der Waals surface area (Å²) in [6.07, 6.45) is 3.91. The highest BCUT2D eigenvalue weighted by Crippen LogP contribution is 2.30. The maximum absolute atomic E-state index is 6.40. The lowest BCUT2D eigenvalue weighted by Gasteiger charge is -2.18. The number of anilines is 1. The topological polar surface area (TPSA) is 60.0 Å². The molecular weight excluding hydrogens is 298 g/mol. The van der Waals surface area contributed by atoms with E-state index in [1.807, 2.05) is 17.9 Å². The second-order valence-corrected chi connectivity index (χ2v) is 6.96. The van der Waals surface area contributed by atoms with E-state index >= 15 is 0 Å². The van der Waals surface area contributed by atoms with Crippen LogP contribution in [0.1, 0.15) is 22.7 Å². The van der Waals surface area contributed by atoms with Crippen molar-refractivity contribution in [3.8, 4) is 0 Å². The molecule has 24 heavy (non-hydrogen) atoms. The minimum Gasteiger partial charge on any atom is -0.354 e. The first-order valence-electron chi connectivity index (χ1n) is 8.37. The largest absolute Gasteiger partial charge is 0.354 e. The molecule has 1 saturated heterocycles. The van der Waals surface area contributed by atoms with Crippen molar-refractivity contribution < 1.29 is 0 Å². The first kappa shape index (κ1) is 15.1. The first-order valence-corrected chi connectivity index (χ1v) is 8.37. The van der Waals surface area contributed by atoms with Crippen LogP contribution in [0.5, 0.6) is 0 Å². The summed E-state index contributed by atoms with van der Waals surface area (Å²) >= 11 is 0. The molecule has 1 aliphatic rings. The lowest BCUT2D eigenvalue weighted by molar-refractivity contribution is 0.639. The lowest BCUT2D eigenvalue weighted by atomic mass is 10.0. The molecule has 0 radical (unpaired) electrons. The molecule has 3 aromatic rings. The van der Waals surface area contributed by atoms with Crippen molar-refractivity contribution in [3.63, 3.8) is 0 Å². The number of hydrogen-bond donors (Lipinski definition) is 1. The molecule has 0 amide bonds. The van der Waals surface area contributed by atoms with E-state index in [1.54, 1.807) is 0 Å². The molecule has 2 N–H and O–H groups in total. The third kappa shape index (κ3) is 2.55. The molecule has 1 aliphatic heterocycles. The Morgan fingerprint density at radius 1 is 1.17 bits per heavy atom. The third-order valence-corrected chi connectivity index (χ3v) is 4.95. The minimum atomic E-state index is 0.0789. The Balaban J connectivity index is 1.68. The zero-order chi connectivity index (χ0) is 16.8. The number of aryl methyl sites for hydroxylation is 3. The number of imidazole rings is 1. The lowest BCUT2D eigenvalue weighted by Crippen LogP contribution is -2.29. The number of nitrogens with two attached hydrogens (primary N) is 1. The fourth-order valence-corrected chi connectivity index (χ4v) is 3.61. The summed E-state index contributed by atoms with van der Waals surface area (Å²) in [5.74, 6) is 1.26. The summed E-state index contributed by atoms with van der Waals surface area (Å²) in [5.41, 5.74) is 11.0. The maximum atomic E-state index is 6.40. The fraction of sp³-hybridized carbons (Fsp3) is 0.368. The molecule has 5 nitrogen and oxygen atoms in total. The van der Waals surface area contributed by atoms with Crippen LogP contribution in [0, 0.1) is 13.8 Å². The van der Waals surface area contributed by atoms with Gasteiger partial charge in [0.15, 0.2) is 0 Å². The predicted octanol–water partition coefficient (Wildman–Crippen LogP) is 2.52. The molecule has 4 rings (SSSR count). The average Bonchev–Trinajstić information content (AvgIpc) is 3.12. The van der Waals surface area contributed by atoms with Crippen molar-refractivity contribution in [2.75, 3.05) is 18.0 Å². The summed E-state index contributed by atoms with van der Waals surface area (Å²) in [4.78, 5) is 11.7. The van der Waals surface area contributed by atoms with E-state index in [9.17, 15) is 0 Å². The van der Waals surface area contributed by atoms with Crippen molar-refractivity contribution in [2.45, 2.75) is 25.8 Å². The number of aromatic nitrogens is 3. The SMILES string of the molecule is Cc1ccc2c(C)cc(N3C[C@@H](N)[C@H](c4cn(C)cn4)C3)nc2c1. The number of pyridine rings is 1. The van der Waals surface area contributed by atoms with Crippen molar-refractivity contribution in [1.29, 1.82) is 0 Å². The Hall–Kier alpha value is -2.40. The van der Waals surface area contributed by atoms with Gasteiger partial charge in [-0.15, -0.1) is 0 Å². The second-order valence-electron chi connectivity index (χ2n) is 6.96. The van der Waals surface area contributed by atoms with E-state index in [2.05, 4.69) is 54.2 Å². The zero-order valence-corrected chi connectivity index (χ0v) is 14.4. The van der Waals surface area contributed by atoms with E-state index in [1.165, 1.54) is 16.5 Å². The number of nitrogens with zero attached hydrogens (tertiary/aromatic N) is 4. The summed E-state index contributed by atoms with van der Waals surface area (Å²) in [6, 6.07) is 8.70. The Labute approximate surface area is 142 Å². The monoisotopic (exact) mass is 321 g/mol. The van der Waals surface area contributed by atoms with Gasteiger partial charge < -0.3 is 15.2 Å². The van der Waals surface area contributed by atoms with Gasteiger partial charge in [0, 0.05) is 43.7 Å². The fourth-order valence-electron chi connectivity index (χ4n) is 3.61. The van der Waals surface area contributed by atoms with E-state index in [-0.39, 0.29) is 12.0 Å².